The van der Waals surface area contributed by atoms with Gasteiger partial charge in [0.1, 0.15) is 5.82 Å². The molecule has 0 radical (unpaired) electrons. The van der Waals surface area contributed by atoms with Crippen LogP contribution < -0.4 is 5.32 Å². The van der Waals surface area contributed by atoms with Gasteiger partial charge in [-0.1, -0.05) is 12.1 Å². The SMILES string of the molecule is CC[C@H](C)n1nccc1NC(=O)CCc1nc(-c2cccnc2)no1. The van der Waals surface area contributed by atoms with Gasteiger partial charge in [0.05, 0.1) is 12.2 Å². The lowest BCUT2D eigenvalue weighted by atomic mass is 10.2. The first-order valence-electron chi connectivity index (χ1n) is 8.23. The maximum Gasteiger partial charge on any atom is 0.227 e. The summed E-state index contributed by atoms with van der Waals surface area (Å²) in [6.45, 7) is 4.13. The molecule has 0 aliphatic carbocycles. The Labute approximate surface area is 145 Å². The average molecular weight is 340 g/mol. The minimum absolute atomic E-state index is 0.119. The number of carbonyl (C=O) groups is 1. The Morgan fingerprint density at radius 2 is 2.24 bits per heavy atom. The van der Waals surface area contributed by atoms with Gasteiger partial charge in [0, 0.05) is 36.9 Å². The van der Waals surface area contributed by atoms with Gasteiger partial charge in [-0.3, -0.25) is 9.78 Å². The second-order valence-electron chi connectivity index (χ2n) is 5.72. The van der Waals surface area contributed by atoms with E-state index in [-0.39, 0.29) is 18.4 Å². The molecular weight excluding hydrogens is 320 g/mol. The fourth-order valence-electron chi connectivity index (χ4n) is 2.33. The number of pyridine rings is 1. The highest BCUT2D eigenvalue weighted by Crippen LogP contribution is 2.17. The van der Waals surface area contributed by atoms with Crippen LogP contribution in [-0.4, -0.2) is 30.8 Å². The number of hydrogen-bond acceptors (Lipinski definition) is 6. The maximum absolute atomic E-state index is 12.2. The summed E-state index contributed by atoms with van der Waals surface area (Å²) in [5.41, 5.74) is 0.777. The summed E-state index contributed by atoms with van der Waals surface area (Å²) in [6, 6.07) is 5.67. The van der Waals surface area contributed by atoms with Crippen LogP contribution in [0.2, 0.25) is 0 Å². The van der Waals surface area contributed by atoms with Gasteiger partial charge >= 0.3 is 0 Å². The van der Waals surface area contributed by atoms with Crippen molar-refractivity contribution < 1.29 is 9.32 Å². The van der Waals surface area contributed by atoms with E-state index >= 15 is 0 Å². The normalized spacial score (nSPS) is 12.1. The summed E-state index contributed by atoms with van der Waals surface area (Å²) in [7, 11) is 0. The summed E-state index contributed by atoms with van der Waals surface area (Å²) in [5.74, 6) is 1.47. The van der Waals surface area contributed by atoms with Crippen molar-refractivity contribution in [2.75, 3.05) is 5.32 Å². The van der Waals surface area contributed by atoms with Crippen molar-refractivity contribution in [1.29, 1.82) is 0 Å². The molecular formula is C17H20N6O2. The monoisotopic (exact) mass is 340 g/mol. The minimum Gasteiger partial charge on any atom is -0.339 e. The molecule has 1 atom stereocenters. The van der Waals surface area contributed by atoms with E-state index < -0.39 is 0 Å². The van der Waals surface area contributed by atoms with E-state index in [9.17, 15) is 4.79 Å². The third-order valence-corrected chi connectivity index (χ3v) is 3.90. The van der Waals surface area contributed by atoms with Gasteiger partial charge in [0.2, 0.25) is 17.6 Å². The van der Waals surface area contributed by atoms with Crippen molar-refractivity contribution in [2.45, 2.75) is 39.2 Å². The molecule has 0 spiro atoms. The summed E-state index contributed by atoms with van der Waals surface area (Å²) >= 11 is 0. The van der Waals surface area contributed by atoms with Crippen molar-refractivity contribution in [3.63, 3.8) is 0 Å². The van der Waals surface area contributed by atoms with Crippen LogP contribution in [0, 0.1) is 0 Å². The molecule has 0 aliphatic rings. The van der Waals surface area contributed by atoms with E-state index in [0.29, 0.717) is 24.0 Å². The Kier molecular flexibility index (Phi) is 5.17. The number of nitrogens with one attached hydrogen (secondary N) is 1. The van der Waals surface area contributed by atoms with Crippen molar-refractivity contribution in [2.24, 2.45) is 0 Å². The van der Waals surface area contributed by atoms with Crippen molar-refractivity contribution in [3.8, 4) is 11.4 Å². The van der Waals surface area contributed by atoms with Gasteiger partial charge in [-0.15, -0.1) is 0 Å². The highest BCUT2D eigenvalue weighted by atomic mass is 16.5. The quantitative estimate of drug-likeness (QED) is 0.710. The van der Waals surface area contributed by atoms with Gasteiger partial charge in [-0.25, -0.2) is 4.68 Å². The zero-order valence-corrected chi connectivity index (χ0v) is 14.2. The largest absolute Gasteiger partial charge is 0.339 e. The van der Waals surface area contributed by atoms with Crippen molar-refractivity contribution in [3.05, 3.63) is 42.7 Å². The number of hydrogen-bond donors (Lipinski definition) is 1. The minimum atomic E-state index is -0.119. The standard InChI is InChI=1S/C17H20N6O2/c1-3-12(2)23-14(8-10-19-23)20-15(24)6-7-16-21-17(22-25-16)13-5-4-9-18-11-13/h4-5,8-12H,3,6-7H2,1-2H3,(H,20,24)/t12-/m0/s1. The molecule has 1 amide bonds. The van der Waals surface area contributed by atoms with Crippen LogP contribution in [-0.2, 0) is 11.2 Å². The number of rotatable bonds is 7. The predicted molar refractivity (Wildman–Crippen MR) is 91.7 cm³/mol. The highest BCUT2D eigenvalue weighted by molar-refractivity contribution is 5.89. The predicted octanol–water partition coefficient (Wildman–Crippen LogP) is 2.87. The summed E-state index contributed by atoms with van der Waals surface area (Å²) in [4.78, 5) is 20.5. The molecule has 8 heteroatoms. The number of amides is 1. The Bertz CT molecular complexity index is 827. The van der Waals surface area contributed by atoms with Crippen LogP contribution in [0.25, 0.3) is 11.4 Å². The van der Waals surface area contributed by atoms with Gasteiger partial charge in [-0.2, -0.15) is 10.1 Å². The number of aryl methyl sites for hydroxylation is 1. The highest BCUT2D eigenvalue weighted by Gasteiger charge is 2.13. The number of anilines is 1. The number of carbonyl (C=O) groups excluding carboxylic acids is 1. The molecule has 0 aliphatic heterocycles. The van der Waals surface area contributed by atoms with Crippen LogP contribution in [0.3, 0.4) is 0 Å². The van der Waals surface area contributed by atoms with E-state index in [0.717, 1.165) is 12.0 Å². The lowest BCUT2D eigenvalue weighted by Gasteiger charge is -2.13. The molecule has 3 rings (SSSR count). The van der Waals surface area contributed by atoms with E-state index in [4.69, 9.17) is 4.52 Å². The fraction of sp³-hybridized carbons (Fsp3) is 0.353. The first-order chi connectivity index (χ1) is 12.2. The molecule has 25 heavy (non-hydrogen) atoms. The van der Waals surface area contributed by atoms with E-state index in [1.54, 1.807) is 30.7 Å². The summed E-state index contributed by atoms with van der Waals surface area (Å²) in [6.07, 6.45) is 6.58. The molecule has 3 aromatic rings. The molecule has 0 fully saturated rings. The van der Waals surface area contributed by atoms with Crippen LogP contribution in [0.5, 0.6) is 0 Å². The number of nitrogens with zero attached hydrogens (tertiary/aromatic N) is 5. The Morgan fingerprint density at radius 3 is 3.00 bits per heavy atom. The lowest BCUT2D eigenvalue weighted by molar-refractivity contribution is -0.116. The second-order valence-corrected chi connectivity index (χ2v) is 5.72. The first-order valence-corrected chi connectivity index (χ1v) is 8.23. The van der Waals surface area contributed by atoms with E-state index in [1.165, 1.54) is 0 Å². The molecule has 0 unspecified atom stereocenters. The van der Waals surface area contributed by atoms with E-state index in [1.807, 2.05) is 10.7 Å². The molecule has 1 N–H and O–H groups in total. The molecule has 0 bridgehead atoms. The number of aromatic nitrogens is 5. The van der Waals surface area contributed by atoms with Crippen molar-refractivity contribution >= 4 is 11.7 Å². The zero-order valence-electron chi connectivity index (χ0n) is 14.2. The van der Waals surface area contributed by atoms with Gasteiger partial charge in [0.15, 0.2) is 0 Å². The van der Waals surface area contributed by atoms with Crippen LogP contribution >= 0.6 is 0 Å². The Morgan fingerprint density at radius 1 is 1.36 bits per heavy atom. The van der Waals surface area contributed by atoms with E-state index in [2.05, 4.69) is 39.4 Å². The zero-order chi connectivity index (χ0) is 17.6. The summed E-state index contributed by atoms with van der Waals surface area (Å²) < 4.78 is 7.01. The van der Waals surface area contributed by atoms with Gasteiger partial charge in [-0.05, 0) is 25.5 Å². The molecule has 8 nitrogen and oxygen atoms in total. The van der Waals surface area contributed by atoms with Crippen LogP contribution in [0.15, 0.2) is 41.3 Å². The fourth-order valence-corrected chi connectivity index (χ4v) is 2.33. The molecule has 3 aromatic heterocycles. The lowest BCUT2D eigenvalue weighted by Crippen LogP contribution is -2.17. The Balaban J connectivity index is 1.57. The topological polar surface area (TPSA) is 98.7 Å². The Hall–Kier alpha value is -3.03. The molecule has 130 valence electrons. The van der Waals surface area contributed by atoms with Gasteiger partial charge < -0.3 is 9.84 Å². The van der Waals surface area contributed by atoms with Crippen LogP contribution in [0.1, 0.15) is 38.6 Å². The second kappa shape index (κ2) is 7.69. The first kappa shape index (κ1) is 16.8. The molecule has 0 aromatic carbocycles. The van der Waals surface area contributed by atoms with Crippen molar-refractivity contribution in [1.82, 2.24) is 24.9 Å². The van der Waals surface area contributed by atoms with Gasteiger partial charge in [0.25, 0.3) is 0 Å². The average Bonchev–Trinajstić information content (AvgIpc) is 3.29. The third kappa shape index (κ3) is 4.09. The third-order valence-electron chi connectivity index (χ3n) is 3.90. The molecule has 0 saturated carbocycles. The molecule has 0 saturated heterocycles. The maximum atomic E-state index is 12.2. The van der Waals surface area contributed by atoms with Crippen LogP contribution in [0.4, 0.5) is 5.82 Å². The molecule has 3 heterocycles. The summed E-state index contributed by atoms with van der Waals surface area (Å²) in [5, 5.41) is 11.0. The smallest absolute Gasteiger partial charge is 0.227 e.